The van der Waals surface area contributed by atoms with Crippen molar-refractivity contribution in [2.75, 3.05) is 13.7 Å². The number of nitrogens with one attached hydrogen (secondary N) is 1. The van der Waals surface area contributed by atoms with E-state index in [1.807, 2.05) is 31.2 Å². The van der Waals surface area contributed by atoms with Gasteiger partial charge < -0.3 is 20.5 Å². The van der Waals surface area contributed by atoms with Gasteiger partial charge in [0.25, 0.3) is 0 Å². The third-order valence-corrected chi connectivity index (χ3v) is 2.49. The third kappa shape index (κ3) is 6.63. The zero-order valence-electron chi connectivity index (χ0n) is 12.1. The highest BCUT2D eigenvalue weighted by Crippen LogP contribution is 2.26. The first-order valence-corrected chi connectivity index (χ1v) is 6.35. The van der Waals surface area contributed by atoms with Gasteiger partial charge in [-0.25, -0.2) is 0 Å². The Morgan fingerprint density at radius 3 is 2.45 bits per heavy atom. The molecule has 1 rings (SSSR count). The van der Waals surface area contributed by atoms with Crippen molar-refractivity contribution in [1.82, 2.24) is 5.32 Å². The monoisotopic (exact) mass is 302 g/mol. The number of hydrogen-bond acceptors (Lipinski definition) is 4. The van der Waals surface area contributed by atoms with Gasteiger partial charge in [-0.2, -0.15) is 0 Å². The molecule has 0 radical (unpaired) electrons. The molecule has 0 aliphatic carbocycles. The smallest absolute Gasteiger partial charge is 0.221 e. The summed E-state index contributed by atoms with van der Waals surface area (Å²) in [6.07, 6.45) is 0.176. The van der Waals surface area contributed by atoms with Crippen LogP contribution in [-0.4, -0.2) is 31.7 Å². The lowest BCUT2D eigenvalue weighted by Gasteiger charge is -2.17. The van der Waals surface area contributed by atoms with Crippen molar-refractivity contribution in [3.8, 4) is 11.5 Å². The van der Waals surface area contributed by atoms with Gasteiger partial charge in [-0.15, -0.1) is 12.4 Å². The first-order chi connectivity index (χ1) is 9.02. The number of carbonyl (C=O) groups excluding carboxylic acids is 1. The van der Waals surface area contributed by atoms with E-state index >= 15 is 0 Å². The highest BCUT2D eigenvalue weighted by atomic mass is 35.5. The highest BCUT2D eigenvalue weighted by molar-refractivity contribution is 5.85. The summed E-state index contributed by atoms with van der Waals surface area (Å²) in [4.78, 5) is 11.5. The molecular weight excluding hydrogens is 280 g/mol. The van der Waals surface area contributed by atoms with E-state index in [0.717, 1.165) is 0 Å². The summed E-state index contributed by atoms with van der Waals surface area (Å²) in [5.74, 6) is 1.28. The molecule has 0 aliphatic rings. The van der Waals surface area contributed by atoms with Gasteiger partial charge in [0.1, 0.15) is 6.10 Å². The molecule has 20 heavy (non-hydrogen) atoms. The Morgan fingerprint density at radius 2 is 1.90 bits per heavy atom. The van der Waals surface area contributed by atoms with Crippen LogP contribution in [0.25, 0.3) is 0 Å². The number of halogens is 1. The molecule has 0 fully saturated rings. The van der Waals surface area contributed by atoms with Gasteiger partial charge in [0.15, 0.2) is 11.5 Å². The molecule has 1 amide bonds. The third-order valence-electron chi connectivity index (χ3n) is 2.49. The van der Waals surface area contributed by atoms with E-state index in [4.69, 9.17) is 15.2 Å². The Bertz CT molecular complexity index is 413. The van der Waals surface area contributed by atoms with Gasteiger partial charge >= 0.3 is 0 Å². The van der Waals surface area contributed by atoms with E-state index < -0.39 is 0 Å². The van der Waals surface area contributed by atoms with Crippen LogP contribution >= 0.6 is 12.4 Å². The first kappa shape index (κ1) is 18.5. The number of hydrogen-bond donors (Lipinski definition) is 2. The molecule has 1 aromatic rings. The number of para-hydroxylation sites is 2. The second kappa shape index (κ2) is 9.44. The Hall–Kier alpha value is -1.46. The Balaban J connectivity index is 0.00000361. The maximum atomic E-state index is 11.5. The average Bonchev–Trinajstić information content (AvgIpc) is 2.36. The zero-order valence-corrected chi connectivity index (χ0v) is 12.9. The van der Waals surface area contributed by atoms with Crippen LogP contribution in [-0.2, 0) is 4.79 Å². The van der Waals surface area contributed by atoms with E-state index in [0.29, 0.717) is 24.5 Å². The Labute approximate surface area is 126 Å². The van der Waals surface area contributed by atoms with Crippen LogP contribution in [0.4, 0.5) is 0 Å². The van der Waals surface area contributed by atoms with Crippen molar-refractivity contribution < 1.29 is 14.3 Å². The Morgan fingerprint density at radius 1 is 1.30 bits per heavy atom. The molecule has 6 heteroatoms. The number of methoxy groups -OCH3 is 1. The summed E-state index contributed by atoms with van der Waals surface area (Å²) in [6.45, 7) is 4.12. The SMILES string of the molecule is COc1ccccc1OC(C)CNC(=O)CC(C)N.Cl. The number of benzene rings is 1. The van der Waals surface area contributed by atoms with Crippen LogP contribution in [0.2, 0.25) is 0 Å². The summed E-state index contributed by atoms with van der Waals surface area (Å²) in [5, 5.41) is 2.79. The minimum Gasteiger partial charge on any atom is -0.493 e. The zero-order chi connectivity index (χ0) is 14.3. The fourth-order valence-electron chi connectivity index (χ4n) is 1.60. The molecule has 0 bridgehead atoms. The lowest BCUT2D eigenvalue weighted by Crippen LogP contribution is -2.36. The fourth-order valence-corrected chi connectivity index (χ4v) is 1.60. The fraction of sp³-hybridized carbons (Fsp3) is 0.500. The molecule has 0 heterocycles. The maximum absolute atomic E-state index is 11.5. The van der Waals surface area contributed by atoms with Crippen molar-refractivity contribution >= 4 is 18.3 Å². The van der Waals surface area contributed by atoms with Gasteiger partial charge in [-0.05, 0) is 26.0 Å². The Kier molecular flexibility index (Phi) is 8.76. The normalized spacial score (nSPS) is 12.8. The summed E-state index contributed by atoms with van der Waals surface area (Å²) >= 11 is 0. The molecule has 0 spiro atoms. The lowest BCUT2D eigenvalue weighted by atomic mass is 10.2. The summed E-state index contributed by atoms with van der Waals surface area (Å²) in [6, 6.07) is 7.28. The molecular formula is C14H23ClN2O3. The van der Waals surface area contributed by atoms with Gasteiger partial charge in [0.2, 0.25) is 5.91 Å². The van der Waals surface area contributed by atoms with Crippen molar-refractivity contribution in [3.63, 3.8) is 0 Å². The molecule has 0 aromatic heterocycles. The molecule has 0 saturated heterocycles. The lowest BCUT2D eigenvalue weighted by molar-refractivity contribution is -0.121. The van der Waals surface area contributed by atoms with Crippen molar-refractivity contribution in [1.29, 1.82) is 0 Å². The average molecular weight is 303 g/mol. The number of amides is 1. The van der Waals surface area contributed by atoms with Gasteiger partial charge in [-0.1, -0.05) is 12.1 Å². The van der Waals surface area contributed by atoms with Crippen LogP contribution in [0.1, 0.15) is 20.3 Å². The number of carbonyl (C=O) groups is 1. The number of rotatable bonds is 7. The molecule has 114 valence electrons. The van der Waals surface area contributed by atoms with Crippen LogP contribution in [0.3, 0.4) is 0 Å². The van der Waals surface area contributed by atoms with Crippen LogP contribution in [0, 0.1) is 0 Å². The van der Waals surface area contributed by atoms with Crippen LogP contribution in [0.15, 0.2) is 24.3 Å². The number of nitrogens with two attached hydrogens (primary N) is 1. The van der Waals surface area contributed by atoms with E-state index in [2.05, 4.69) is 5.32 Å². The molecule has 1 aromatic carbocycles. The van der Waals surface area contributed by atoms with E-state index in [1.165, 1.54) is 0 Å². The van der Waals surface area contributed by atoms with Crippen molar-refractivity contribution in [2.24, 2.45) is 5.73 Å². The van der Waals surface area contributed by atoms with Crippen LogP contribution < -0.4 is 20.5 Å². The minimum absolute atomic E-state index is 0. The van der Waals surface area contributed by atoms with E-state index in [9.17, 15) is 4.79 Å². The predicted octanol–water partition coefficient (Wildman–Crippen LogP) is 1.74. The standard InChI is InChI=1S/C14H22N2O3.ClH/c1-10(15)8-14(17)16-9-11(2)19-13-7-5-4-6-12(13)18-3;/h4-7,10-11H,8-9,15H2,1-3H3,(H,16,17);1H. The second-order valence-corrected chi connectivity index (χ2v) is 4.56. The maximum Gasteiger partial charge on any atom is 0.221 e. The van der Waals surface area contributed by atoms with Gasteiger partial charge in [-0.3, -0.25) is 4.79 Å². The summed E-state index contributed by atoms with van der Waals surface area (Å²) < 4.78 is 10.9. The highest BCUT2D eigenvalue weighted by Gasteiger charge is 2.10. The molecule has 0 aliphatic heterocycles. The number of ether oxygens (including phenoxy) is 2. The summed E-state index contributed by atoms with van der Waals surface area (Å²) in [5.41, 5.74) is 5.55. The van der Waals surface area contributed by atoms with Crippen LogP contribution in [0.5, 0.6) is 11.5 Å². The second-order valence-electron chi connectivity index (χ2n) is 4.56. The topological polar surface area (TPSA) is 73.6 Å². The van der Waals surface area contributed by atoms with Gasteiger partial charge in [0.05, 0.1) is 13.7 Å². The van der Waals surface area contributed by atoms with Gasteiger partial charge in [0, 0.05) is 12.5 Å². The molecule has 2 atom stereocenters. The predicted molar refractivity (Wildman–Crippen MR) is 81.6 cm³/mol. The minimum atomic E-state index is -0.145. The van der Waals surface area contributed by atoms with E-state index in [1.54, 1.807) is 14.0 Å². The van der Waals surface area contributed by atoms with E-state index in [-0.39, 0.29) is 30.5 Å². The molecule has 2 unspecified atom stereocenters. The molecule has 0 saturated carbocycles. The molecule has 5 nitrogen and oxygen atoms in total. The quantitative estimate of drug-likeness (QED) is 0.804. The first-order valence-electron chi connectivity index (χ1n) is 6.35. The summed E-state index contributed by atoms with van der Waals surface area (Å²) in [7, 11) is 1.59. The largest absolute Gasteiger partial charge is 0.493 e. The van der Waals surface area contributed by atoms with Crippen molar-refractivity contribution in [3.05, 3.63) is 24.3 Å². The molecule has 3 N–H and O–H groups in total. The van der Waals surface area contributed by atoms with Crippen molar-refractivity contribution in [2.45, 2.75) is 32.4 Å².